The number of nitrogens with one attached hydrogen (secondary N) is 1. The van der Waals surface area contributed by atoms with Crippen LogP contribution in [0.1, 0.15) is 34.7 Å². The zero-order valence-corrected chi connectivity index (χ0v) is 12.1. The summed E-state index contributed by atoms with van der Waals surface area (Å²) in [5, 5.41) is 12.9. The van der Waals surface area contributed by atoms with Crippen LogP contribution in [0.4, 0.5) is 0 Å². The number of furan rings is 1. The first-order chi connectivity index (χ1) is 10.6. The van der Waals surface area contributed by atoms with E-state index in [4.69, 9.17) is 9.52 Å². The summed E-state index contributed by atoms with van der Waals surface area (Å²) in [5.74, 6) is -0.608. The average molecular weight is 300 g/mol. The fourth-order valence-corrected chi connectivity index (χ4v) is 1.85. The number of nitrogens with zero attached hydrogens (tertiary/aromatic N) is 1. The molecule has 2 rings (SSSR count). The normalized spacial score (nSPS) is 11.2. The van der Waals surface area contributed by atoms with Crippen molar-refractivity contribution in [3.05, 3.63) is 59.5 Å². The number of benzene rings is 1. The maximum atomic E-state index is 11.9. The third-order valence-electron chi connectivity index (χ3n) is 2.94. The summed E-state index contributed by atoms with van der Waals surface area (Å²) in [5.41, 5.74) is 3.66. The van der Waals surface area contributed by atoms with Gasteiger partial charge in [-0.25, -0.2) is 5.43 Å². The molecule has 2 aromatic rings. The molecule has 1 aromatic carbocycles. The summed E-state index contributed by atoms with van der Waals surface area (Å²) in [6, 6.07) is 12.4. The third kappa shape index (κ3) is 4.31. The van der Waals surface area contributed by atoms with Gasteiger partial charge in [-0.3, -0.25) is 9.59 Å². The van der Waals surface area contributed by atoms with Gasteiger partial charge in [0.25, 0.3) is 0 Å². The highest BCUT2D eigenvalue weighted by Crippen LogP contribution is 2.08. The third-order valence-corrected chi connectivity index (χ3v) is 2.94. The van der Waals surface area contributed by atoms with Gasteiger partial charge in [-0.1, -0.05) is 30.3 Å². The Morgan fingerprint density at radius 1 is 1.14 bits per heavy atom. The summed E-state index contributed by atoms with van der Waals surface area (Å²) < 4.78 is 5.21. The number of carbonyl (C=O) groups excluding carboxylic acids is 1. The van der Waals surface area contributed by atoms with E-state index in [1.807, 2.05) is 30.3 Å². The lowest BCUT2D eigenvalue weighted by molar-refractivity contribution is -0.136. The van der Waals surface area contributed by atoms with Crippen molar-refractivity contribution < 1.29 is 19.1 Å². The van der Waals surface area contributed by atoms with Crippen molar-refractivity contribution in [2.24, 2.45) is 5.10 Å². The first-order valence-corrected chi connectivity index (χ1v) is 6.77. The SMILES string of the molecule is Cc1ccc(C(=O)N/N=C(\CCC(=O)O)c2ccccc2)o1. The van der Waals surface area contributed by atoms with Crippen molar-refractivity contribution in [2.75, 3.05) is 0 Å². The smallest absolute Gasteiger partial charge is 0.307 e. The van der Waals surface area contributed by atoms with Crippen LogP contribution in [0.15, 0.2) is 52.0 Å². The van der Waals surface area contributed by atoms with E-state index in [2.05, 4.69) is 10.5 Å². The molecule has 114 valence electrons. The van der Waals surface area contributed by atoms with Crippen molar-refractivity contribution in [3.8, 4) is 0 Å². The van der Waals surface area contributed by atoms with E-state index in [-0.39, 0.29) is 18.6 Å². The van der Waals surface area contributed by atoms with Crippen molar-refractivity contribution in [1.82, 2.24) is 5.43 Å². The molecule has 1 aromatic heterocycles. The molecule has 6 heteroatoms. The molecule has 22 heavy (non-hydrogen) atoms. The van der Waals surface area contributed by atoms with E-state index in [9.17, 15) is 9.59 Å². The van der Waals surface area contributed by atoms with Crippen LogP contribution in [0.25, 0.3) is 0 Å². The lowest BCUT2D eigenvalue weighted by Crippen LogP contribution is -2.20. The molecule has 0 atom stereocenters. The van der Waals surface area contributed by atoms with Crippen LogP contribution in [0, 0.1) is 6.92 Å². The Labute approximate surface area is 127 Å². The molecular weight excluding hydrogens is 284 g/mol. The van der Waals surface area contributed by atoms with E-state index in [1.165, 1.54) is 0 Å². The van der Waals surface area contributed by atoms with Gasteiger partial charge in [0.1, 0.15) is 5.76 Å². The Morgan fingerprint density at radius 2 is 1.86 bits per heavy atom. The van der Waals surface area contributed by atoms with Crippen LogP contribution in [0.3, 0.4) is 0 Å². The summed E-state index contributed by atoms with van der Waals surface area (Å²) in [6.07, 6.45) is 0.153. The van der Waals surface area contributed by atoms with Crippen molar-refractivity contribution in [1.29, 1.82) is 0 Å². The van der Waals surface area contributed by atoms with Crippen molar-refractivity contribution >= 4 is 17.6 Å². The molecule has 0 radical (unpaired) electrons. The van der Waals surface area contributed by atoms with Crippen LogP contribution in [-0.2, 0) is 4.79 Å². The summed E-state index contributed by atoms with van der Waals surface area (Å²) >= 11 is 0. The lowest BCUT2D eigenvalue weighted by atomic mass is 10.1. The minimum Gasteiger partial charge on any atom is -0.481 e. The predicted molar refractivity (Wildman–Crippen MR) is 80.8 cm³/mol. The number of rotatable bonds is 6. The van der Waals surface area contributed by atoms with Crippen molar-refractivity contribution in [3.63, 3.8) is 0 Å². The molecule has 0 unspecified atom stereocenters. The first-order valence-electron chi connectivity index (χ1n) is 6.77. The van der Waals surface area contributed by atoms with Gasteiger partial charge in [0.2, 0.25) is 0 Å². The molecule has 6 nitrogen and oxygen atoms in total. The molecule has 1 heterocycles. The highest BCUT2D eigenvalue weighted by molar-refractivity contribution is 6.02. The molecule has 0 aliphatic heterocycles. The summed E-state index contributed by atoms with van der Waals surface area (Å²) in [6.45, 7) is 1.74. The van der Waals surface area contributed by atoms with Gasteiger partial charge in [0.15, 0.2) is 5.76 Å². The van der Waals surface area contributed by atoms with E-state index in [0.717, 1.165) is 5.56 Å². The number of aryl methyl sites for hydroxylation is 1. The van der Waals surface area contributed by atoms with Gasteiger partial charge >= 0.3 is 11.9 Å². The zero-order valence-electron chi connectivity index (χ0n) is 12.1. The van der Waals surface area contributed by atoms with Crippen LogP contribution < -0.4 is 5.43 Å². The highest BCUT2D eigenvalue weighted by atomic mass is 16.4. The van der Waals surface area contributed by atoms with Gasteiger partial charge in [-0.05, 0) is 24.6 Å². The number of carboxylic acid groups (broad SMARTS) is 1. The Balaban J connectivity index is 2.13. The highest BCUT2D eigenvalue weighted by Gasteiger charge is 2.11. The largest absolute Gasteiger partial charge is 0.481 e. The van der Waals surface area contributed by atoms with E-state index in [0.29, 0.717) is 11.5 Å². The van der Waals surface area contributed by atoms with Crippen LogP contribution >= 0.6 is 0 Å². The second-order valence-corrected chi connectivity index (χ2v) is 4.67. The molecule has 0 spiro atoms. The number of carboxylic acids is 1. The molecule has 1 amide bonds. The summed E-state index contributed by atoms with van der Waals surface area (Å²) in [7, 11) is 0. The van der Waals surface area contributed by atoms with Gasteiger partial charge in [-0.2, -0.15) is 5.10 Å². The molecule has 0 fully saturated rings. The second kappa shape index (κ2) is 7.21. The number of carbonyl (C=O) groups is 2. The van der Waals surface area contributed by atoms with E-state index >= 15 is 0 Å². The molecule has 0 saturated heterocycles. The minimum absolute atomic E-state index is 0.0660. The van der Waals surface area contributed by atoms with E-state index < -0.39 is 11.9 Å². The minimum atomic E-state index is -0.920. The first kappa shape index (κ1) is 15.5. The second-order valence-electron chi connectivity index (χ2n) is 4.67. The number of aliphatic carboxylic acids is 1. The Hall–Kier alpha value is -2.89. The Kier molecular flexibility index (Phi) is 5.08. The molecule has 2 N–H and O–H groups in total. The van der Waals surface area contributed by atoms with Crippen LogP contribution in [-0.4, -0.2) is 22.7 Å². The molecule has 0 saturated carbocycles. The fraction of sp³-hybridized carbons (Fsp3) is 0.188. The van der Waals surface area contributed by atoms with Gasteiger partial charge < -0.3 is 9.52 Å². The van der Waals surface area contributed by atoms with Crippen LogP contribution in [0.5, 0.6) is 0 Å². The molecule has 0 aliphatic rings. The zero-order chi connectivity index (χ0) is 15.9. The number of hydrogen-bond donors (Lipinski definition) is 2. The van der Waals surface area contributed by atoms with Gasteiger partial charge in [0, 0.05) is 6.42 Å². The maximum Gasteiger partial charge on any atom is 0.307 e. The standard InChI is InChI=1S/C16H16N2O4/c1-11-7-9-14(22-11)16(21)18-17-13(8-10-15(19)20)12-5-3-2-4-6-12/h2-7,9H,8,10H2,1H3,(H,18,21)(H,19,20)/b17-13+. The number of hydrogen-bond acceptors (Lipinski definition) is 4. The fourth-order valence-electron chi connectivity index (χ4n) is 1.85. The monoisotopic (exact) mass is 300 g/mol. The predicted octanol–water partition coefficient (Wildman–Crippen LogP) is 2.59. The average Bonchev–Trinajstić information content (AvgIpc) is 2.94. The Bertz CT molecular complexity index is 689. The summed E-state index contributed by atoms with van der Waals surface area (Å²) in [4.78, 5) is 22.6. The maximum absolute atomic E-state index is 11.9. The van der Waals surface area contributed by atoms with Crippen LogP contribution in [0.2, 0.25) is 0 Å². The topological polar surface area (TPSA) is 91.9 Å². The molecular formula is C16H16N2O4. The van der Waals surface area contributed by atoms with E-state index in [1.54, 1.807) is 19.1 Å². The number of hydrazone groups is 1. The van der Waals surface area contributed by atoms with Gasteiger partial charge in [-0.15, -0.1) is 0 Å². The quantitative estimate of drug-likeness (QED) is 0.633. The Morgan fingerprint density at radius 3 is 2.45 bits per heavy atom. The number of amides is 1. The van der Waals surface area contributed by atoms with Crippen molar-refractivity contribution in [2.45, 2.75) is 19.8 Å². The lowest BCUT2D eigenvalue weighted by Gasteiger charge is -2.05. The molecule has 0 aliphatic carbocycles. The van der Waals surface area contributed by atoms with Gasteiger partial charge in [0.05, 0.1) is 12.1 Å². The molecule has 0 bridgehead atoms.